The highest BCUT2D eigenvalue weighted by molar-refractivity contribution is 6.00. The second-order valence-corrected chi connectivity index (χ2v) is 5.60. The molecular formula is C14H16N8O. The Bertz CT molecular complexity index is 882. The molecule has 1 N–H and O–H groups in total. The van der Waals surface area contributed by atoms with Gasteiger partial charge >= 0.3 is 0 Å². The molecule has 1 atom stereocenters. The van der Waals surface area contributed by atoms with Gasteiger partial charge in [-0.2, -0.15) is 19.7 Å². The van der Waals surface area contributed by atoms with Crippen LogP contribution in [0, 0.1) is 6.92 Å². The van der Waals surface area contributed by atoms with Crippen molar-refractivity contribution in [2.75, 3.05) is 16.8 Å². The van der Waals surface area contributed by atoms with Gasteiger partial charge in [0.1, 0.15) is 18.2 Å². The number of hydrogen-bond donors (Lipinski definition) is 1. The minimum Gasteiger partial charge on any atom is -0.358 e. The number of aryl methyl sites for hydroxylation is 2. The predicted octanol–water partition coefficient (Wildman–Crippen LogP) is 0.384. The van der Waals surface area contributed by atoms with Crippen LogP contribution in [0.3, 0.4) is 0 Å². The molecule has 9 heteroatoms. The summed E-state index contributed by atoms with van der Waals surface area (Å²) < 4.78 is 3.29. The number of rotatable bonds is 3. The van der Waals surface area contributed by atoms with Crippen molar-refractivity contribution in [3.63, 3.8) is 0 Å². The number of hydrogen-bond acceptors (Lipinski definition) is 6. The lowest BCUT2D eigenvalue weighted by Gasteiger charge is -2.16. The largest absolute Gasteiger partial charge is 0.358 e. The topological polar surface area (TPSA) is 93.2 Å². The van der Waals surface area contributed by atoms with Crippen LogP contribution in [0.5, 0.6) is 0 Å². The summed E-state index contributed by atoms with van der Waals surface area (Å²) in [6, 6.07) is 1.56. The molecule has 0 aromatic carbocycles. The average molecular weight is 312 g/mol. The summed E-state index contributed by atoms with van der Waals surface area (Å²) in [5.41, 5.74) is 1.64. The SMILES string of the molecule is Cc1cc(NC2CCN(c3cnn(C)c3)C2=O)n2ncnc2n1. The Labute approximate surface area is 131 Å². The molecule has 118 valence electrons. The molecule has 0 aliphatic carbocycles. The van der Waals surface area contributed by atoms with Crippen molar-refractivity contribution in [2.45, 2.75) is 19.4 Å². The Morgan fingerprint density at radius 2 is 2.22 bits per heavy atom. The first kappa shape index (κ1) is 13.7. The van der Waals surface area contributed by atoms with Crippen molar-refractivity contribution in [2.24, 2.45) is 7.05 Å². The lowest BCUT2D eigenvalue weighted by molar-refractivity contribution is -0.117. The smallest absolute Gasteiger partial charge is 0.254 e. The Morgan fingerprint density at radius 1 is 1.35 bits per heavy atom. The first-order chi connectivity index (χ1) is 11.1. The summed E-state index contributed by atoms with van der Waals surface area (Å²) in [7, 11) is 1.83. The van der Waals surface area contributed by atoms with Crippen molar-refractivity contribution < 1.29 is 4.79 Å². The van der Waals surface area contributed by atoms with Crippen LogP contribution < -0.4 is 10.2 Å². The number of amides is 1. The van der Waals surface area contributed by atoms with Gasteiger partial charge < -0.3 is 10.2 Å². The zero-order valence-corrected chi connectivity index (χ0v) is 12.8. The summed E-state index contributed by atoms with van der Waals surface area (Å²) in [5, 5.41) is 11.5. The molecule has 1 aliphatic rings. The summed E-state index contributed by atoms with van der Waals surface area (Å²) in [6.45, 7) is 2.55. The van der Waals surface area contributed by atoms with Gasteiger partial charge in [-0.05, 0) is 13.3 Å². The van der Waals surface area contributed by atoms with Crippen LogP contribution in [0.25, 0.3) is 5.78 Å². The molecular weight excluding hydrogens is 296 g/mol. The summed E-state index contributed by atoms with van der Waals surface area (Å²) in [4.78, 5) is 22.8. The normalized spacial score (nSPS) is 18.1. The van der Waals surface area contributed by atoms with E-state index in [2.05, 4.69) is 25.5 Å². The van der Waals surface area contributed by atoms with Gasteiger partial charge in [-0.25, -0.2) is 4.98 Å². The van der Waals surface area contributed by atoms with Crippen LogP contribution in [0.4, 0.5) is 11.5 Å². The molecule has 23 heavy (non-hydrogen) atoms. The third-order valence-electron chi connectivity index (χ3n) is 3.91. The van der Waals surface area contributed by atoms with E-state index >= 15 is 0 Å². The molecule has 1 aliphatic heterocycles. The van der Waals surface area contributed by atoms with E-state index in [0.29, 0.717) is 18.7 Å². The van der Waals surface area contributed by atoms with E-state index in [9.17, 15) is 4.79 Å². The molecule has 4 heterocycles. The van der Waals surface area contributed by atoms with E-state index in [1.54, 1.807) is 20.3 Å². The summed E-state index contributed by atoms with van der Waals surface area (Å²) in [6.07, 6.45) is 5.70. The zero-order valence-electron chi connectivity index (χ0n) is 12.8. The highest BCUT2D eigenvalue weighted by Crippen LogP contribution is 2.23. The van der Waals surface area contributed by atoms with E-state index in [-0.39, 0.29) is 11.9 Å². The van der Waals surface area contributed by atoms with E-state index in [4.69, 9.17) is 0 Å². The molecule has 1 fully saturated rings. The van der Waals surface area contributed by atoms with E-state index in [1.165, 1.54) is 6.33 Å². The van der Waals surface area contributed by atoms with Crippen LogP contribution in [0.2, 0.25) is 0 Å². The number of carbonyl (C=O) groups is 1. The molecule has 0 bridgehead atoms. The van der Waals surface area contributed by atoms with Crippen molar-refractivity contribution >= 4 is 23.2 Å². The number of aromatic nitrogens is 6. The van der Waals surface area contributed by atoms with E-state index in [1.807, 2.05) is 26.2 Å². The summed E-state index contributed by atoms with van der Waals surface area (Å²) in [5.74, 6) is 1.26. The standard InChI is InChI=1S/C14H16N8O/c1-9-5-12(22-14(18-9)15-8-17-22)19-11-3-4-21(13(11)23)10-6-16-20(2)7-10/h5-8,11,19H,3-4H2,1-2H3. The number of fused-ring (bicyclic) bond motifs is 1. The first-order valence-electron chi connectivity index (χ1n) is 7.36. The maximum atomic E-state index is 12.6. The van der Waals surface area contributed by atoms with Gasteiger partial charge in [0.2, 0.25) is 5.91 Å². The average Bonchev–Trinajstić information content (AvgIpc) is 3.21. The number of carbonyl (C=O) groups excluding carboxylic acids is 1. The molecule has 1 saturated heterocycles. The van der Waals surface area contributed by atoms with Crippen LogP contribution in [-0.4, -0.2) is 47.9 Å². The lowest BCUT2D eigenvalue weighted by Crippen LogP contribution is -2.33. The number of nitrogens with one attached hydrogen (secondary N) is 1. The zero-order chi connectivity index (χ0) is 16.0. The molecule has 0 spiro atoms. The fraction of sp³-hybridized carbons (Fsp3) is 0.357. The maximum Gasteiger partial charge on any atom is 0.254 e. The van der Waals surface area contributed by atoms with Crippen molar-refractivity contribution in [3.8, 4) is 0 Å². The third kappa shape index (κ3) is 2.30. The molecule has 3 aromatic rings. The molecule has 1 amide bonds. The van der Waals surface area contributed by atoms with Crippen molar-refractivity contribution in [1.29, 1.82) is 0 Å². The van der Waals surface area contributed by atoms with Crippen LogP contribution in [-0.2, 0) is 11.8 Å². The highest BCUT2D eigenvalue weighted by Gasteiger charge is 2.33. The van der Waals surface area contributed by atoms with Gasteiger partial charge in [-0.1, -0.05) is 0 Å². The Morgan fingerprint density at radius 3 is 3.00 bits per heavy atom. The quantitative estimate of drug-likeness (QED) is 0.752. The number of anilines is 2. The first-order valence-corrected chi connectivity index (χ1v) is 7.36. The Balaban J connectivity index is 1.59. The lowest BCUT2D eigenvalue weighted by atomic mass is 10.2. The molecule has 3 aromatic heterocycles. The third-order valence-corrected chi connectivity index (χ3v) is 3.91. The van der Waals surface area contributed by atoms with Crippen LogP contribution in [0.15, 0.2) is 24.8 Å². The fourth-order valence-corrected chi connectivity index (χ4v) is 2.83. The molecule has 0 radical (unpaired) electrons. The minimum atomic E-state index is -0.301. The highest BCUT2D eigenvalue weighted by atomic mass is 16.2. The maximum absolute atomic E-state index is 12.6. The van der Waals surface area contributed by atoms with Gasteiger partial charge in [-0.15, -0.1) is 0 Å². The van der Waals surface area contributed by atoms with Gasteiger partial charge in [0, 0.05) is 31.5 Å². The molecule has 0 saturated carbocycles. The molecule has 4 rings (SSSR count). The van der Waals surface area contributed by atoms with Crippen LogP contribution in [0.1, 0.15) is 12.1 Å². The van der Waals surface area contributed by atoms with Crippen LogP contribution >= 0.6 is 0 Å². The molecule has 9 nitrogen and oxygen atoms in total. The monoisotopic (exact) mass is 312 g/mol. The van der Waals surface area contributed by atoms with Gasteiger partial charge in [-0.3, -0.25) is 9.48 Å². The Kier molecular flexibility index (Phi) is 3.00. The summed E-state index contributed by atoms with van der Waals surface area (Å²) >= 11 is 0. The van der Waals surface area contributed by atoms with E-state index < -0.39 is 0 Å². The second kappa shape index (κ2) is 5.04. The fourth-order valence-electron chi connectivity index (χ4n) is 2.83. The van der Waals surface area contributed by atoms with Gasteiger partial charge in [0.15, 0.2) is 0 Å². The second-order valence-electron chi connectivity index (χ2n) is 5.60. The number of nitrogens with zero attached hydrogens (tertiary/aromatic N) is 7. The Hall–Kier alpha value is -2.97. The van der Waals surface area contributed by atoms with Gasteiger partial charge in [0.25, 0.3) is 5.78 Å². The van der Waals surface area contributed by atoms with Crippen molar-refractivity contribution in [3.05, 3.63) is 30.5 Å². The van der Waals surface area contributed by atoms with Crippen molar-refractivity contribution in [1.82, 2.24) is 29.4 Å². The molecule has 1 unspecified atom stereocenters. The van der Waals surface area contributed by atoms with E-state index in [0.717, 1.165) is 17.2 Å². The van der Waals surface area contributed by atoms with Gasteiger partial charge in [0.05, 0.1) is 11.9 Å². The predicted molar refractivity (Wildman–Crippen MR) is 83.1 cm³/mol. The minimum absolute atomic E-state index is 0.0285.